The first-order valence-corrected chi connectivity index (χ1v) is 11.6. The molecule has 3 heterocycles. The van der Waals surface area contributed by atoms with Gasteiger partial charge in [0, 0.05) is 46.3 Å². The van der Waals surface area contributed by atoms with E-state index >= 15 is 0 Å². The summed E-state index contributed by atoms with van der Waals surface area (Å²) in [5, 5.41) is 7.00. The first kappa shape index (κ1) is 25.9. The van der Waals surface area contributed by atoms with Crippen LogP contribution in [0.1, 0.15) is 59.5 Å². The van der Waals surface area contributed by atoms with Crippen LogP contribution in [0.2, 0.25) is 0 Å². The molecular weight excluding hydrogens is 408 g/mol. The van der Waals surface area contributed by atoms with Crippen LogP contribution in [0.15, 0.2) is 23.0 Å². The topological polar surface area (TPSA) is 90.8 Å². The first-order chi connectivity index (χ1) is 15.3. The van der Waals surface area contributed by atoms with Gasteiger partial charge in [0.15, 0.2) is 0 Å². The Bertz CT molecular complexity index is 936. The van der Waals surface area contributed by atoms with Crippen molar-refractivity contribution >= 4 is 17.1 Å². The van der Waals surface area contributed by atoms with Crippen LogP contribution in [0.25, 0.3) is 11.0 Å². The van der Waals surface area contributed by atoms with E-state index < -0.39 is 0 Å². The number of hydrogen-bond acceptors (Lipinski definition) is 5. The minimum absolute atomic E-state index is 0. The molecule has 2 aromatic rings. The summed E-state index contributed by atoms with van der Waals surface area (Å²) in [6.45, 7) is 11.8. The second-order valence-electron chi connectivity index (χ2n) is 8.88. The zero-order chi connectivity index (χ0) is 23.9. The summed E-state index contributed by atoms with van der Waals surface area (Å²) in [5.74, 6) is 0. The van der Waals surface area contributed by atoms with Crippen molar-refractivity contribution in [2.24, 2.45) is 0 Å². The van der Waals surface area contributed by atoms with Crippen LogP contribution in [0.3, 0.4) is 0 Å². The summed E-state index contributed by atoms with van der Waals surface area (Å²) in [5.41, 5.74) is 3.03. The quantitative estimate of drug-likeness (QED) is 0.727. The Morgan fingerprint density at radius 3 is 2.47 bits per heavy atom. The molecule has 0 bridgehead atoms. The number of ether oxygens (including phenoxy) is 1. The van der Waals surface area contributed by atoms with Gasteiger partial charge in [0.25, 0.3) is 0 Å². The first-order valence-electron chi connectivity index (χ1n) is 11.6. The van der Waals surface area contributed by atoms with E-state index in [2.05, 4.69) is 36.7 Å². The number of carbonyl (C=O) groups excluding carboxylic acids is 1. The normalized spacial score (nSPS) is 21.5. The number of aromatic nitrogens is 2. The summed E-state index contributed by atoms with van der Waals surface area (Å²) < 4.78 is 6.80. The molecule has 1 atom stereocenters. The van der Waals surface area contributed by atoms with E-state index in [1.54, 1.807) is 4.90 Å². The smallest absolute Gasteiger partial charge is 0.409 e. The molecule has 1 aromatic heterocycles. The SMILES string of the molecule is CCC.CO.COC(=O)N1CCC(C)(N2CCC(n3c(=O)[nH]c4cc(C)ccc43)CC2)C1.[HH]. The van der Waals surface area contributed by atoms with Gasteiger partial charge >= 0.3 is 11.8 Å². The fourth-order valence-electron chi connectivity index (χ4n) is 4.76. The summed E-state index contributed by atoms with van der Waals surface area (Å²) in [6.07, 6.45) is 3.84. The molecule has 0 saturated carbocycles. The Morgan fingerprint density at radius 2 is 1.88 bits per heavy atom. The van der Waals surface area contributed by atoms with Crippen LogP contribution in [-0.2, 0) is 4.74 Å². The predicted octanol–water partition coefficient (Wildman–Crippen LogP) is 3.78. The number of aliphatic hydroxyl groups is 1. The molecule has 2 aliphatic rings. The van der Waals surface area contributed by atoms with Crippen molar-refractivity contribution in [3.63, 3.8) is 0 Å². The average molecular weight is 451 g/mol. The molecule has 0 aliphatic carbocycles. The minimum Gasteiger partial charge on any atom is -0.453 e. The number of nitrogens with zero attached hydrogens (tertiary/aromatic N) is 3. The van der Waals surface area contributed by atoms with Gasteiger partial charge in [-0.1, -0.05) is 26.3 Å². The highest BCUT2D eigenvalue weighted by molar-refractivity contribution is 5.76. The number of benzene rings is 1. The van der Waals surface area contributed by atoms with Gasteiger partial charge in [-0.15, -0.1) is 0 Å². The van der Waals surface area contributed by atoms with Gasteiger partial charge in [0.05, 0.1) is 18.1 Å². The van der Waals surface area contributed by atoms with Gasteiger partial charge in [-0.3, -0.25) is 9.47 Å². The van der Waals surface area contributed by atoms with Crippen molar-refractivity contribution in [1.29, 1.82) is 0 Å². The fraction of sp³-hybridized carbons (Fsp3) is 0.667. The van der Waals surface area contributed by atoms with Gasteiger partial charge in [-0.05, 0) is 50.8 Å². The number of aromatic amines is 1. The summed E-state index contributed by atoms with van der Waals surface area (Å²) in [4.78, 5) is 31.6. The zero-order valence-electron chi connectivity index (χ0n) is 20.5. The molecule has 2 saturated heterocycles. The monoisotopic (exact) mass is 450 g/mol. The maximum atomic E-state index is 12.5. The standard InChI is InChI=1S/C20H28N4O3.C3H8.CH4O.H2/c1-14-4-5-17-16(12-14)21-18(25)24(17)15-6-9-23(10-7-15)20(2)8-11-22(13-20)19(26)27-3;1-3-2;1-2;/h4-5,12,15H,6-11,13H2,1-3H3,(H,21,25);3H2,1-2H3;2H,1H3;1H. The molecule has 182 valence electrons. The highest BCUT2D eigenvalue weighted by Gasteiger charge is 2.42. The maximum absolute atomic E-state index is 12.5. The van der Waals surface area contributed by atoms with Gasteiger partial charge in [0.2, 0.25) is 0 Å². The fourth-order valence-corrected chi connectivity index (χ4v) is 4.76. The van der Waals surface area contributed by atoms with E-state index in [-0.39, 0.29) is 24.8 Å². The molecule has 2 aliphatic heterocycles. The number of aliphatic hydroxyl groups excluding tert-OH is 1. The second kappa shape index (κ2) is 11.5. The van der Waals surface area contributed by atoms with Crippen LogP contribution in [0, 0.1) is 6.92 Å². The number of imidazole rings is 1. The third-order valence-corrected chi connectivity index (χ3v) is 6.35. The van der Waals surface area contributed by atoms with Gasteiger partial charge in [-0.25, -0.2) is 9.59 Å². The number of methoxy groups -OCH3 is 1. The van der Waals surface area contributed by atoms with Crippen LogP contribution in [0.5, 0.6) is 0 Å². The Kier molecular flexibility index (Phi) is 9.33. The molecular formula is C24H42N4O4. The number of H-pyrrole nitrogens is 1. The van der Waals surface area contributed by atoms with Crippen molar-refractivity contribution in [3.05, 3.63) is 34.2 Å². The molecule has 1 amide bonds. The van der Waals surface area contributed by atoms with Crippen molar-refractivity contribution in [2.45, 2.75) is 65.0 Å². The number of amides is 1. The van der Waals surface area contributed by atoms with Crippen LogP contribution >= 0.6 is 0 Å². The summed E-state index contributed by atoms with van der Waals surface area (Å²) in [6, 6.07) is 6.35. The third kappa shape index (κ3) is 5.53. The molecule has 0 radical (unpaired) electrons. The number of aryl methyl sites for hydroxylation is 1. The number of nitrogens with one attached hydrogen (secondary N) is 1. The lowest BCUT2D eigenvalue weighted by Gasteiger charge is -2.43. The number of fused-ring (bicyclic) bond motifs is 1. The summed E-state index contributed by atoms with van der Waals surface area (Å²) >= 11 is 0. The van der Waals surface area contributed by atoms with E-state index in [0.717, 1.165) is 62.6 Å². The van der Waals surface area contributed by atoms with Crippen LogP contribution in [0.4, 0.5) is 4.79 Å². The van der Waals surface area contributed by atoms with E-state index in [1.807, 2.05) is 23.6 Å². The van der Waals surface area contributed by atoms with E-state index in [4.69, 9.17) is 9.84 Å². The molecule has 0 spiro atoms. The number of hydrogen-bond donors (Lipinski definition) is 2. The average Bonchev–Trinajstić information content (AvgIpc) is 3.35. The molecule has 2 N–H and O–H groups in total. The van der Waals surface area contributed by atoms with E-state index in [0.29, 0.717) is 6.54 Å². The lowest BCUT2D eigenvalue weighted by atomic mass is 9.93. The molecule has 1 unspecified atom stereocenters. The van der Waals surface area contributed by atoms with E-state index in [9.17, 15) is 9.59 Å². The van der Waals surface area contributed by atoms with Crippen LogP contribution < -0.4 is 5.69 Å². The number of carbonyl (C=O) groups is 1. The van der Waals surface area contributed by atoms with Gasteiger partial charge in [-0.2, -0.15) is 0 Å². The highest BCUT2D eigenvalue weighted by Crippen LogP contribution is 2.33. The molecule has 4 rings (SSSR count). The number of piperidine rings is 1. The Labute approximate surface area is 192 Å². The zero-order valence-corrected chi connectivity index (χ0v) is 20.5. The number of likely N-dealkylation sites (tertiary alicyclic amines) is 2. The molecule has 32 heavy (non-hydrogen) atoms. The predicted molar refractivity (Wildman–Crippen MR) is 130 cm³/mol. The van der Waals surface area contributed by atoms with Gasteiger partial charge < -0.3 is 19.7 Å². The lowest BCUT2D eigenvalue weighted by Crippen LogP contribution is -2.52. The second-order valence-corrected chi connectivity index (χ2v) is 8.88. The summed E-state index contributed by atoms with van der Waals surface area (Å²) in [7, 11) is 2.43. The van der Waals surface area contributed by atoms with Crippen LogP contribution in [-0.4, -0.2) is 76.5 Å². The van der Waals surface area contributed by atoms with Crippen molar-refractivity contribution in [3.8, 4) is 0 Å². The van der Waals surface area contributed by atoms with Crippen molar-refractivity contribution < 1.29 is 16.1 Å². The Balaban J connectivity index is 0.000000841. The molecule has 8 heteroatoms. The number of rotatable bonds is 2. The Morgan fingerprint density at radius 1 is 1.25 bits per heavy atom. The van der Waals surface area contributed by atoms with Gasteiger partial charge in [0.1, 0.15) is 0 Å². The minimum atomic E-state index is -0.241. The molecule has 1 aromatic carbocycles. The highest BCUT2D eigenvalue weighted by atomic mass is 16.5. The van der Waals surface area contributed by atoms with E-state index in [1.165, 1.54) is 13.5 Å². The van der Waals surface area contributed by atoms with Crippen molar-refractivity contribution in [2.75, 3.05) is 40.4 Å². The Hall–Kier alpha value is -2.32. The largest absolute Gasteiger partial charge is 0.453 e. The third-order valence-electron chi connectivity index (χ3n) is 6.35. The maximum Gasteiger partial charge on any atom is 0.409 e. The lowest BCUT2D eigenvalue weighted by molar-refractivity contribution is 0.0662. The molecule has 2 fully saturated rings. The van der Waals surface area contributed by atoms with Crippen molar-refractivity contribution in [1.82, 2.24) is 19.4 Å². The molecule has 8 nitrogen and oxygen atoms in total.